The average Bonchev–Trinajstić information content (AvgIpc) is 3.11. The first kappa shape index (κ1) is 18.6. The highest BCUT2D eigenvalue weighted by Gasteiger charge is 2.35. The summed E-state index contributed by atoms with van der Waals surface area (Å²) in [6.45, 7) is 3.38. The van der Waals surface area contributed by atoms with Crippen molar-refractivity contribution < 1.29 is 14.7 Å². The molecule has 2 saturated carbocycles. The quantitative estimate of drug-likeness (QED) is 0.779. The minimum Gasteiger partial charge on any atom is -0.394 e. The van der Waals surface area contributed by atoms with E-state index in [2.05, 4.69) is 10.2 Å². The van der Waals surface area contributed by atoms with E-state index in [1.54, 1.807) is 0 Å². The van der Waals surface area contributed by atoms with Crippen molar-refractivity contribution in [2.75, 3.05) is 39.3 Å². The molecule has 142 valence electrons. The Kier molecular flexibility index (Phi) is 6.34. The Balaban J connectivity index is 1.41. The van der Waals surface area contributed by atoms with Crippen LogP contribution in [0.4, 0.5) is 0 Å². The van der Waals surface area contributed by atoms with Crippen LogP contribution < -0.4 is 5.32 Å². The number of hydrogen-bond donors (Lipinski definition) is 2. The molecule has 0 aromatic rings. The minimum atomic E-state index is -0.393. The van der Waals surface area contributed by atoms with Gasteiger partial charge in [-0.2, -0.15) is 0 Å². The predicted octanol–water partition coefficient (Wildman–Crippen LogP) is 1.13. The van der Waals surface area contributed by atoms with Gasteiger partial charge < -0.3 is 15.3 Å². The summed E-state index contributed by atoms with van der Waals surface area (Å²) in [5.41, 5.74) is -0.393. The zero-order valence-electron chi connectivity index (χ0n) is 15.3. The molecular weight excluding hydrogens is 318 g/mol. The molecule has 2 N–H and O–H groups in total. The van der Waals surface area contributed by atoms with Gasteiger partial charge in [0.25, 0.3) is 0 Å². The second-order valence-electron chi connectivity index (χ2n) is 8.13. The number of carbonyl (C=O) groups excluding carboxylic acids is 2. The largest absolute Gasteiger partial charge is 0.394 e. The number of nitrogens with zero attached hydrogens (tertiary/aromatic N) is 2. The summed E-state index contributed by atoms with van der Waals surface area (Å²) in [5.74, 6) is 0.562. The lowest BCUT2D eigenvalue weighted by molar-refractivity contribution is -0.138. The summed E-state index contributed by atoms with van der Waals surface area (Å²) in [6.07, 6.45) is 9.62. The summed E-state index contributed by atoms with van der Waals surface area (Å²) in [7, 11) is 0. The van der Waals surface area contributed by atoms with Crippen molar-refractivity contribution in [3.63, 3.8) is 0 Å². The molecule has 0 radical (unpaired) electrons. The first-order chi connectivity index (χ1) is 12.1. The van der Waals surface area contributed by atoms with Crippen molar-refractivity contribution in [1.82, 2.24) is 15.1 Å². The Morgan fingerprint density at radius 1 is 0.960 bits per heavy atom. The van der Waals surface area contributed by atoms with Gasteiger partial charge in [0.15, 0.2) is 0 Å². The Bertz CT molecular complexity index is 463. The second kappa shape index (κ2) is 8.49. The predicted molar refractivity (Wildman–Crippen MR) is 96.0 cm³/mol. The van der Waals surface area contributed by atoms with Crippen LogP contribution in [0, 0.1) is 5.92 Å². The lowest BCUT2D eigenvalue weighted by atomic mass is 9.88. The van der Waals surface area contributed by atoms with Crippen LogP contribution in [0.15, 0.2) is 0 Å². The van der Waals surface area contributed by atoms with Gasteiger partial charge in [0, 0.05) is 32.1 Å². The third-order valence-electron chi connectivity index (χ3n) is 6.27. The fourth-order valence-electron chi connectivity index (χ4n) is 4.65. The third-order valence-corrected chi connectivity index (χ3v) is 6.27. The van der Waals surface area contributed by atoms with Crippen molar-refractivity contribution in [3.8, 4) is 0 Å². The van der Waals surface area contributed by atoms with Gasteiger partial charge in [-0.1, -0.05) is 32.1 Å². The first-order valence-electron chi connectivity index (χ1n) is 10.0. The Morgan fingerprint density at radius 2 is 1.60 bits per heavy atom. The number of aliphatic hydroxyl groups is 1. The fourth-order valence-corrected chi connectivity index (χ4v) is 4.65. The van der Waals surface area contributed by atoms with E-state index in [0.29, 0.717) is 12.5 Å². The van der Waals surface area contributed by atoms with Crippen LogP contribution in [0.5, 0.6) is 0 Å². The Morgan fingerprint density at radius 3 is 2.20 bits per heavy atom. The van der Waals surface area contributed by atoms with E-state index in [1.807, 2.05) is 4.90 Å². The second-order valence-corrected chi connectivity index (χ2v) is 8.13. The third kappa shape index (κ3) is 4.73. The topological polar surface area (TPSA) is 72.9 Å². The zero-order chi connectivity index (χ0) is 17.7. The number of aliphatic hydroxyl groups excluding tert-OH is 1. The Labute approximate surface area is 150 Å². The van der Waals surface area contributed by atoms with E-state index >= 15 is 0 Å². The molecular formula is C19H33N3O3. The molecule has 1 heterocycles. The van der Waals surface area contributed by atoms with Gasteiger partial charge in [0.2, 0.25) is 11.8 Å². The number of rotatable bonds is 5. The Hall–Kier alpha value is -1.14. The van der Waals surface area contributed by atoms with Crippen LogP contribution in [-0.2, 0) is 9.59 Å². The molecule has 0 unspecified atom stereocenters. The average molecular weight is 351 g/mol. The number of amides is 2. The smallest absolute Gasteiger partial charge is 0.234 e. The van der Waals surface area contributed by atoms with Crippen LogP contribution in [0.1, 0.15) is 57.8 Å². The lowest BCUT2D eigenvalue weighted by Crippen LogP contribution is -2.55. The van der Waals surface area contributed by atoms with E-state index in [-0.39, 0.29) is 18.4 Å². The normalized spacial score (nSPS) is 25.1. The highest BCUT2D eigenvalue weighted by molar-refractivity contribution is 5.80. The molecule has 6 heteroatoms. The maximum atomic E-state index is 12.6. The molecule has 3 fully saturated rings. The molecule has 6 nitrogen and oxygen atoms in total. The van der Waals surface area contributed by atoms with Gasteiger partial charge in [0.1, 0.15) is 0 Å². The lowest BCUT2D eigenvalue weighted by Gasteiger charge is -2.37. The molecule has 0 aromatic heterocycles. The van der Waals surface area contributed by atoms with Crippen molar-refractivity contribution >= 4 is 11.8 Å². The van der Waals surface area contributed by atoms with Gasteiger partial charge in [-0.3, -0.25) is 14.5 Å². The van der Waals surface area contributed by atoms with Crippen LogP contribution in [-0.4, -0.2) is 71.6 Å². The number of nitrogens with one attached hydrogen (secondary N) is 1. The van der Waals surface area contributed by atoms with E-state index in [9.17, 15) is 14.7 Å². The molecule has 2 aliphatic carbocycles. The monoisotopic (exact) mass is 351 g/mol. The van der Waals surface area contributed by atoms with Crippen molar-refractivity contribution in [2.24, 2.45) is 5.92 Å². The first-order valence-corrected chi connectivity index (χ1v) is 10.0. The van der Waals surface area contributed by atoms with E-state index in [4.69, 9.17) is 0 Å². The fraction of sp³-hybridized carbons (Fsp3) is 0.895. The van der Waals surface area contributed by atoms with Gasteiger partial charge in [-0.05, 0) is 25.7 Å². The molecule has 0 aromatic carbocycles. The van der Waals surface area contributed by atoms with Crippen LogP contribution in [0.2, 0.25) is 0 Å². The molecule has 25 heavy (non-hydrogen) atoms. The summed E-state index contributed by atoms with van der Waals surface area (Å²) < 4.78 is 0. The minimum absolute atomic E-state index is 0.00278. The summed E-state index contributed by atoms with van der Waals surface area (Å²) in [6, 6.07) is 0. The van der Waals surface area contributed by atoms with E-state index in [0.717, 1.165) is 64.7 Å². The van der Waals surface area contributed by atoms with Gasteiger partial charge in [-0.15, -0.1) is 0 Å². The maximum absolute atomic E-state index is 12.6. The number of piperazine rings is 1. The maximum Gasteiger partial charge on any atom is 0.234 e. The van der Waals surface area contributed by atoms with Crippen LogP contribution in [0.3, 0.4) is 0 Å². The summed E-state index contributed by atoms with van der Waals surface area (Å²) in [4.78, 5) is 29.1. The van der Waals surface area contributed by atoms with Crippen molar-refractivity contribution in [1.29, 1.82) is 0 Å². The number of carbonyl (C=O) groups is 2. The van der Waals surface area contributed by atoms with Crippen LogP contribution in [0.25, 0.3) is 0 Å². The van der Waals surface area contributed by atoms with E-state index < -0.39 is 5.54 Å². The summed E-state index contributed by atoms with van der Waals surface area (Å²) in [5, 5.41) is 12.7. The molecule has 0 spiro atoms. The van der Waals surface area contributed by atoms with Gasteiger partial charge in [0.05, 0.1) is 18.7 Å². The molecule has 3 aliphatic rings. The molecule has 0 atom stereocenters. The van der Waals surface area contributed by atoms with E-state index in [1.165, 1.54) is 19.3 Å². The molecule has 3 rings (SSSR count). The van der Waals surface area contributed by atoms with Crippen molar-refractivity contribution in [2.45, 2.75) is 63.3 Å². The van der Waals surface area contributed by atoms with Crippen molar-refractivity contribution in [3.05, 3.63) is 0 Å². The molecule has 2 amide bonds. The van der Waals surface area contributed by atoms with Gasteiger partial charge in [-0.25, -0.2) is 0 Å². The molecule has 1 aliphatic heterocycles. The summed E-state index contributed by atoms with van der Waals surface area (Å²) >= 11 is 0. The standard InChI is InChI=1S/C19H33N3O3/c23-15-19(8-4-5-9-19)20-17(24)14-21-10-12-22(13-11-21)18(25)16-6-2-1-3-7-16/h16,23H,1-15H2,(H,20,24). The SMILES string of the molecule is O=C(CN1CCN(C(=O)C2CCCCC2)CC1)NC1(CO)CCCC1. The molecule has 0 bridgehead atoms. The number of hydrogen-bond acceptors (Lipinski definition) is 4. The highest BCUT2D eigenvalue weighted by atomic mass is 16.3. The van der Waals surface area contributed by atoms with Crippen LogP contribution >= 0.6 is 0 Å². The highest BCUT2D eigenvalue weighted by Crippen LogP contribution is 2.29. The molecule has 1 saturated heterocycles. The zero-order valence-corrected chi connectivity index (χ0v) is 15.3. The van der Waals surface area contributed by atoms with Gasteiger partial charge >= 0.3 is 0 Å².